The molecule has 0 bridgehead atoms. The zero-order valence-corrected chi connectivity index (χ0v) is 19.3. The van der Waals surface area contributed by atoms with Crippen molar-refractivity contribution in [1.82, 2.24) is 9.71 Å². The van der Waals surface area contributed by atoms with Crippen molar-refractivity contribution >= 4 is 28.2 Å². The minimum Gasteiger partial charge on any atom is -0.395 e. The third kappa shape index (κ3) is 5.71. The molecule has 160 valence electrons. The van der Waals surface area contributed by atoms with E-state index >= 15 is 0 Å². The van der Waals surface area contributed by atoms with E-state index in [1.165, 1.54) is 23.5 Å². The molecule has 1 aromatic carbocycles. The number of thiazole rings is 1. The number of aromatic nitrogens is 1. The Hall–Kier alpha value is -1.64. The van der Waals surface area contributed by atoms with Crippen LogP contribution in [0.3, 0.4) is 0 Å². The number of hydrogen-bond acceptors (Lipinski definition) is 5. The maximum absolute atomic E-state index is 14.1. The Bertz CT molecular complexity index is 878. The molecule has 1 atom stereocenters. The molecule has 0 fully saturated rings. The van der Waals surface area contributed by atoms with Gasteiger partial charge in [-0.05, 0) is 40.7 Å². The van der Waals surface area contributed by atoms with Gasteiger partial charge >= 0.3 is 0 Å². The van der Waals surface area contributed by atoms with Crippen LogP contribution in [0.5, 0.6) is 0 Å². The molecule has 0 aliphatic rings. The van der Waals surface area contributed by atoms with Crippen molar-refractivity contribution in [3.8, 4) is 0 Å². The number of halogens is 1. The summed E-state index contributed by atoms with van der Waals surface area (Å²) in [6.45, 7) is 11.5. The van der Waals surface area contributed by atoms with Gasteiger partial charge in [0.2, 0.25) is 10.2 Å². The van der Waals surface area contributed by atoms with Crippen LogP contribution in [0, 0.1) is 5.82 Å². The summed E-state index contributed by atoms with van der Waals surface area (Å²) < 4.78 is 29.4. The summed E-state index contributed by atoms with van der Waals surface area (Å²) in [5, 5.41) is 9.47. The van der Waals surface area contributed by atoms with E-state index in [0.717, 1.165) is 21.6 Å². The number of aliphatic hydroxyl groups is 1. The summed E-state index contributed by atoms with van der Waals surface area (Å²) >= 11 is 1.20. The van der Waals surface area contributed by atoms with E-state index in [4.69, 9.17) is 0 Å². The number of aliphatic hydroxyl groups excluding tert-OH is 1. The van der Waals surface area contributed by atoms with Crippen molar-refractivity contribution in [3.63, 3.8) is 0 Å². The molecule has 29 heavy (non-hydrogen) atoms. The Morgan fingerprint density at radius 2 is 1.79 bits per heavy atom. The van der Waals surface area contributed by atoms with E-state index in [-0.39, 0.29) is 35.0 Å². The SMILES string of the molecule is CC(C)c1cc(F)cc(C(C)C)c1CC(=O)NS(=O)c1ncc(C(C)(C)CO)s1. The molecule has 5 nitrogen and oxygen atoms in total. The number of rotatable bonds is 8. The van der Waals surface area contributed by atoms with E-state index < -0.39 is 22.3 Å². The second-order valence-electron chi connectivity index (χ2n) is 8.38. The molecule has 0 radical (unpaired) electrons. The number of amides is 1. The predicted octanol–water partition coefficient (Wildman–Crippen LogP) is 4.18. The van der Waals surface area contributed by atoms with Gasteiger partial charge < -0.3 is 5.11 Å². The minimum atomic E-state index is -1.79. The van der Waals surface area contributed by atoms with Crippen LogP contribution >= 0.6 is 11.3 Å². The molecule has 8 heteroatoms. The Balaban J connectivity index is 2.22. The zero-order valence-electron chi connectivity index (χ0n) is 17.7. The molecule has 2 rings (SSSR count). The van der Waals surface area contributed by atoms with Gasteiger partial charge in [-0.1, -0.05) is 41.5 Å². The first-order valence-electron chi connectivity index (χ1n) is 9.57. The van der Waals surface area contributed by atoms with Gasteiger partial charge in [-0.2, -0.15) is 0 Å². The van der Waals surface area contributed by atoms with Gasteiger partial charge in [0.15, 0.2) is 11.0 Å². The van der Waals surface area contributed by atoms with Gasteiger partial charge in [0.1, 0.15) is 5.82 Å². The average molecular weight is 441 g/mol. The first-order valence-corrected chi connectivity index (χ1v) is 11.5. The second kappa shape index (κ2) is 9.45. The minimum absolute atomic E-state index is 0.0212. The normalized spacial score (nSPS) is 13.2. The quantitative estimate of drug-likeness (QED) is 0.645. The Labute approximate surface area is 178 Å². The predicted molar refractivity (Wildman–Crippen MR) is 115 cm³/mol. The fraction of sp³-hybridized carbons (Fsp3) is 0.524. The van der Waals surface area contributed by atoms with Gasteiger partial charge in [0, 0.05) is 16.5 Å². The first-order chi connectivity index (χ1) is 13.5. The van der Waals surface area contributed by atoms with Crippen LogP contribution in [0.2, 0.25) is 0 Å². The van der Waals surface area contributed by atoms with Crippen LogP contribution in [0.15, 0.2) is 22.7 Å². The van der Waals surface area contributed by atoms with Crippen molar-refractivity contribution in [3.05, 3.63) is 45.7 Å². The van der Waals surface area contributed by atoms with Crippen LogP contribution < -0.4 is 4.72 Å². The third-order valence-electron chi connectivity index (χ3n) is 4.78. The largest absolute Gasteiger partial charge is 0.395 e. The van der Waals surface area contributed by atoms with E-state index in [2.05, 4.69) is 9.71 Å². The molecule has 1 aromatic heterocycles. The second-order valence-corrected chi connectivity index (χ2v) is 10.8. The van der Waals surface area contributed by atoms with Gasteiger partial charge in [-0.3, -0.25) is 9.52 Å². The van der Waals surface area contributed by atoms with Gasteiger partial charge in [-0.15, -0.1) is 11.3 Å². The van der Waals surface area contributed by atoms with Gasteiger partial charge in [0.05, 0.1) is 13.0 Å². The van der Waals surface area contributed by atoms with Crippen molar-refractivity contribution in [2.24, 2.45) is 0 Å². The number of nitrogens with zero attached hydrogens (tertiary/aromatic N) is 1. The van der Waals surface area contributed by atoms with E-state index in [9.17, 15) is 18.5 Å². The van der Waals surface area contributed by atoms with E-state index in [0.29, 0.717) is 0 Å². The Morgan fingerprint density at radius 1 is 1.24 bits per heavy atom. The highest BCUT2D eigenvalue weighted by atomic mass is 32.2. The summed E-state index contributed by atoms with van der Waals surface area (Å²) in [5.74, 6) is -0.610. The summed E-state index contributed by atoms with van der Waals surface area (Å²) in [4.78, 5) is 17.6. The number of nitrogens with one attached hydrogen (secondary N) is 1. The summed E-state index contributed by atoms with van der Waals surface area (Å²) in [7, 11) is -1.79. The summed E-state index contributed by atoms with van der Waals surface area (Å²) in [5.41, 5.74) is 1.87. The monoisotopic (exact) mass is 440 g/mol. The zero-order chi connectivity index (χ0) is 21.9. The fourth-order valence-electron chi connectivity index (χ4n) is 2.99. The molecule has 0 spiro atoms. The molecule has 1 heterocycles. The fourth-order valence-corrected chi connectivity index (χ4v) is 4.94. The topological polar surface area (TPSA) is 79.3 Å². The summed E-state index contributed by atoms with van der Waals surface area (Å²) in [6.07, 6.45) is 1.60. The van der Waals surface area contributed by atoms with Crippen molar-refractivity contribution in [2.75, 3.05) is 6.61 Å². The standard InChI is InChI=1S/C21H29FN2O3S2/c1-12(2)15-7-14(22)8-16(13(3)4)17(15)9-19(26)24-29(27)20-23-10-18(28-20)21(5,6)11-25/h7-8,10,12-13,25H,9,11H2,1-6H3,(H,24,26). The number of hydrogen-bond donors (Lipinski definition) is 2. The lowest BCUT2D eigenvalue weighted by Crippen LogP contribution is -2.28. The highest BCUT2D eigenvalue weighted by molar-refractivity contribution is 7.85. The molecule has 0 aliphatic carbocycles. The number of benzene rings is 1. The third-order valence-corrected chi connectivity index (χ3v) is 7.47. The molecule has 1 amide bonds. The van der Waals surface area contributed by atoms with Crippen LogP contribution in [0.1, 0.15) is 74.9 Å². The molecule has 2 N–H and O–H groups in total. The average Bonchev–Trinajstić information content (AvgIpc) is 3.13. The molecule has 0 aliphatic heterocycles. The lowest BCUT2D eigenvalue weighted by Gasteiger charge is -2.19. The van der Waals surface area contributed by atoms with Gasteiger partial charge in [0.25, 0.3) is 0 Å². The maximum Gasteiger partial charge on any atom is 0.236 e. The van der Waals surface area contributed by atoms with E-state index in [1.54, 1.807) is 6.20 Å². The molecular weight excluding hydrogens is 411 g/mol. The Morgan fingerprint density at radius 3 is 2.28 bits per heavy atom. The van der Waals surface area contributed by atoms with Crippen LogP contribution in [-0.2, 0) is 27.6 Å². The molecule has 1 unspecified atom stereocenters. The summed E-state index contributed by atoms with van der Waals surface area (Å²) in [6, 6.07) is 2.94. The van der Waals surface area contributed by atoms with Crippen molar-refractivity contribution in [1.29, 1.82) is 0 Å². The smallest absolute Gasteiger partial charge is 0.236 e. The maximum atomic E-state index is 14.1. The molecular formula is C21H29FN2O3S2. The number of carbonyl (C=O) groups excluding carboxylic acids is 1. The van der Waals surface area contributed by atoms with Crippen LogP contribution in [0.25, 0.3) is 0 Å². The highest BCUT2D eigenvalue weighted by Gasteiger charge is 2.25. The van der Waals surface area contributed by atoms with Crippen molar-refractivity contribution in [2.45, 2.75) is 69.6 Å². The molecule has 0 saturated heterocycles. The van der Waals surface area contributed by atoms with Crippen molar-refractivity contribution < 1.29 is 18.5 Å². The highest BCUT2D eigenvalue weighted by Crippen LogP contribution is 2.31. The lowest BCUT2D eigenvalue weighted by molar-refractivity contribution is -0.118. The molecule has 0 saturated carbocycles. The van der Waals surface area contributed by atoms with Crippen LogP contribution in [-0.4, -0.2) is 26.8 Å². The molecule has 2 aromatic rings. The van der Waals surface area contributed by atoms with Gasteiger partial charge in [-0.25, -0.2) is 13.6 Å². The van der Waals surface area contributed by atoms with E-state index in [1.807, 2.05) is 41.5 Å². The van der Waals surface area contributed by atoms with Crippen LogP contribution in [0.4, 0.5) is 4.39 Å². The Kier molecular flexibility index (Phi) is 7.70. The first kappa shape index (κ1) is 23.6. The lowest BCUT2D eigenvalue weighted by atomic mass is 9.87. The number of carbonyl (C=O) groups is 1.